The van der Waals surface area contributed by atoms with Gasteiger partial charge in [-0.25, -0.2) is 0 Å². The molecule has 0 aliphatic heterocycles. The Hall–Kier alpha value is -2.19. The van der Waals surface area contributed by atoms with Gasteiger partial charge in [-0.3, -0.25) is 9.89 Å². The maximum atomic E-state index is 11.7. The molecule has 122 valence electrons. The van der Waals surface area contributed by atoms with Crippen molar-refractivity contribution in [2.45, 2.75) is 13.8 Å². The van der Waals surface area contributed by atoms with Gasteiger partial charge in [0.15, 0.2) is 11.5 Å². The zero-order valence-corrected chi connectivity index (χ0v) is 14.1. The summed E-state index contributed by atoms with van der Waals surface area (Å²) < 4.78 is 12.1. The average Bonchev–Trinajstić information content (AvgIpc) is 2.50. The number of halogens is 1. The molecule has 0 aliphatic carbocycles. The van der Waals surface area contributed by atoms with E-state index in [2.05, 4.69) is 15.3 Å². The summed E-state index contributed by atoms with van der Waals surface area (Å²) in [5.41, 5.74) is 0.201. The van der Waals surface area contributed by atoms with Crippen LogP contribution in [0.4, 0.5) is 0 Å². The Morgan fingerprint density at radius 2 is 2.13 bits per heavy atom. The van der Waals surface area contributed by atoms with Crippen LogP contribution in [0, 0.1) is 4.77 Å². The number of rotatable bonds is 6. The largest absolute Gasteiger partial charge is 0.490 e. The van der Waals surface area contributed by atoms with Crippen molar-refractivity contribution in [3.63, 3.8) is 0 Å². The van der Waals surface area contributed by atoms with Gasteiger partial charge in [-0.05, 0) is 43.8 Å². The van der Waals surface area contributed by atoms with E-state index in [1.807, 2.05) is 13.8 Å². The minimum atomic E-state index is -0.438. The van der Waals surface area contributed by atoms with Crippen LogP contribution in [-0.4, -0.2) is 34.3 Å². The van der Waals surface area contributed by atoms with Gasteiger partial charge in [-0.2, -0.15) is 14.9 Å². The van der Waals surface area contributed by atoms with Crippen LogP contribution in [0.2, 0.25) is 5.02 Å². The van der Waals surface area contributed by atoms with E-state index in [0.717, 1.165) is 10.9 Å². The SMILES string of the molecule is CCOc1cc(/C=N\n2c(=O)cn[nH]c2=S)cc(Cl)c1OCC. The first kappa shape index (κ1) is 17.2. The van der Waals surface area contributed by atoms with Crippen LogP contribution in [0.1, 0.15) is 19.4 Å². The van der Waals surface area contributed by atoms with E-state index in [1.165, 1.54) is 6.21 Å². The van der Waals surface area contributed by atoms with Crippen LogP contribution in [-0.2, 0) is 0 Å². The van der Waals surface area contributed by atoms with Crippen LogP contribution in [0.15, 0.2) is 28.2 Å². The van der Waals surface area contributed by atoms with Crippen molar-refractivity contribution < 1.29 is 9.47 Å². The fourth-order valence-electron chi connectivity index (χ4n) is 1.79. The summed E-state index contributed by atoms with van der Waals surface area (Å²) in [4.78, 5) is 11.7. The number of aromatic nitrogens is 3. The van der Waals surface area contributed by atoms with Crippen LogP contribution < -0.4 is 15.0 Å². The van der Waals surface area contributed by atoms with Crippen molar-refractivity contribution in [1.29, 1.82) is 0 Å². The molecule has 1 aromatic heterocycles. The average molecular weight is 355 g/mol. The monoisotopic (exact) mass is 354 g/mol. The number of H-pyrrole nitrogens is 1. The van der Waals surface area contributed by atoms with E-state index in [0.29, 0.717) is 35.3 Å². The Labute approximate surface area is 142 Å². The lowest BCUT2D eigenvalue weighted by Gasteiger charge is -2.13. The van der Waals surface area contributed by atoms with Gasteiger partial charge in [0.05, 0.1) is 24.5 Å². The van der Waals surface area contributed by atoms with Gasteiger partial charge >= 0.3 is 0 Å². The zero-order chi connectivity index (χ0) is 16.8. The summed E-state index contributed by atoms with van der Waals surface area (Å²) in [6, 6.07) is 3.39. The van der Waals surface area contributed by atoms with E-state index < -0.39 is 5.56 Å². The van der Waals surface area contributed by atoms with Crippen molar-refractivity contribution >= 4 is 30.0 Å². The topological polar surface area (TPSA) is 81.5 Å². The lowest BCUT2D eigenvalue weighted by Crippen LogP contribution is -2.18. The molecule has 1 aromatic carbocycles. The number of hydrogen-bond acceptors (Lipinski definition) is 6. The van der Waals surface area contributed by atoms with Crippen molar-refractivity contribution in [2.24, 2.45) is 5.10 Å². The molecule has 0 atom stereocenters. The van der Waals surface area contributed by atoms with Crippen molar-refractivity contribution in [2.75, 3.05) is 13.2 Å². The van der Waals surface area contributed by atoms with Crippen LogP contribution in [0.5, 0.6) is 11.5 Å². The Morgan fingerprint density at radius 3 is 2.78 bits per heavy atom. The summed E-state index contributed by atoms with van der Waals surface area (Å²) in [5.74, 6) is 0.988. The summed E-state index contributed by atoms with van der Waals surface area (Å²) in [7, 11) is 0. The highest BCUT2D eigenvalue weighted by molar-refractivity contribution is 7.71. The number of nitrogens with zero attached hydrogens (tertiary/aromatic N) is 3. The number of ether oxygens (including phenoxy) is 2. The second kappa shape index (κ2) is 7.89. The smallest absolute Gasteiger partial charge is 0.293 e. The van der Waals surface area contributed by atoms with Gasteiger partial charge in [0.25, 0.3) is 5.56 Å². The molecule has 7 nitrogen and oxygen atoms in total. The summed E-state index contributed by atoms with van der Waals surface area (Å²) >= 11 is 11.2. The highest BCUT2D eigenvalue weighted by Gasteiger charge is 2.11. The maximum absolute atomic E-state index is 11.7. The molecule has 0 aliphatic rings. The molecule has 1 N–H and O–H groups in total. The van der Waals surface area contributed by atoms with E-state index in [4.69, 9.17) is 33.3 Å². The first-order valence-electron chi connectivity index (χ1n) is 6.87. The van der Waals surface area contributed by atoms with E-state index in [1.54, 1.807) is 12.1 Å². The lowest BCUT2D eigenvalue weighted by molar-refractivity contribution is 0.288. The summed E-state index contributed by atoms with van der Waals surface area (Å²) in [5, 5.41) is 10.5. The molecule has 1 heterocycles. The number of nitrogens with one attached hydrogen (secondary N) is 1. The maximum Gasteiger partial charge on any atom is 0.293 e. The molecule has 2 aromatic rings. The molecular formula is C14H15ClN4O3S. The first-order chi connectivity index (χ1) is 11.1. The van der Waals surface area contributed by atoms with E-state index in [-0.39, 0.29) is 4.77 Å². The van der Waals surface area contributed by atoms with Crippen molar-refractivity contribution in [3.05, 3.63) is 44.0 Å². The molecular weight excluding hydrogens is 340 g/mol. The Kier molecular flexibility index (Phi) is 5.89. The normalized spacial score (nSPS) is 10.9. The molecule has 0 spiro atoms. The molecule has 0 saturated carbocycles. The second-order valence-electron chi connectivity index (χ2n) is 4.27. The molecule has 9 heteroatoms. The molecule has 0 amide bonds. The van der Waals surface area contributed by atoms with Gasteiger partial charge in [0, 0.05) is 0 Å². The predicted octanol–water partition coefficient (Wildman–Crippen LogP) is 2.63. The quantitative estimate of drug-likeness (QED) is 0.637. The Balaban J connectivity index is 2.42. The Morgan fingerprint density at radius 1 is 1.39 bits per heavy atom. The van der Waals surface area contributed by atoms with E-state index in [9.17, 15) is 4.79 Å². The fourth-order valence-corrected chi connectivity index (χ4v) is 2.25. The van der Waals surface area contributed by atoms with Crippen LogP contribution >= 0.6 is 23.8 Å². The second-order valence-corrected chi connectivity index (χ2v) is 5.06. The molecule has 0 radical (unpaired) electrons. The molecule has 0 unspecified atom stereocenters. The molecule has 23 heavy (non-hydrogen) atoms. The first-order valence-corrected chi connectivity index (χ1v) is 7.65. The van der Waals surface area contributed by atoms with Crippen molar-refractivity contribution in [3.8, 4) is 11.5 Å². The molecule has 0 fully saturated rings. The zero-order valence-electron chi connectivity index (χ0n) is 12.6. The number of aromatic amines is 1. The molecule has 2 rings (SSSR count). The lowest BCUT2D eigenvalue weighted by atomic mass is 10.2. The van der Waals surface area contributed by atoms with Crippen molar-refractivity contribution in [1.82, 2.24) is 14.9 Å². The minimum Gasteiger partial charge on any atom is -0.490 e. The summed E-state index contributed by atoms with van der Waals surface area (Å²) in [6.07, 6.45) is 2.54. The fraction of sp³-hybridized carbons (Fsp3) is 0.286. The van der Waals surface area contributed by atoms with Gasteiger partial charge < -0.3 is 9.47 Å². The third kappa shape index (κ3) is 4.17. The molecule has 0 saturated heterocycles. The van der Waals surface area contributed by atoms with Gasteiger partial charge in [-0.15, -0.1) is 0 Å². The standard InChI is InChI=1S/C14H15ClN4O3S/c1-3-21-11-6-9(5-10(15)13(11)22-4-2)7-17-19-12(20)8-16-18-14(19)23/h5-8H,3-4H2,1-2H3,(H,18,23)/b17-7-. The predicted molar refractivity (Wildman–Crippen MR) is 90.5 cm³/mol. The van der Waals surface area contributed by atoms with Crippen LogP contribution in [0.25, 0.3) is 0 Å². The van der Waals surface area contributed by atoms with Crippen LogP contribution in [0.3, 0.4) is 0 Å². The highest BCUT2D eigenvalue weighted by Crippen LogP contribution is 2.36. The summed E-state index contributed by atoms with van der Waals surface area (Å²) in [6.45, 7) is 4.65. The minimum absolute atomic E-state index is 0.0933. The highest BCUT2D eigenvalue weighted by atomic mass is 35.5. The van der Waals surface area contributed by atoms with Gasteiger partial charge in [-0.1, -0.05) is 11.6 Å². The Bertz CT molecular complexity index is 803. The third-order valence-corrected chi connectivity index (χ3v) is 3.22. The van der Waals surface area contributed by atoms with Gasteiger partial charge in [0.2, 0.25) is 4.77 Å². The molecule has 0 bridgehead atoms. The number of hydrogen-bond donors (Lipinski definition) is 1. The third-order valence-electron chi connectivity index (χ3n) is 2.68. The number of benzene rings is 1. The van der Waals surface area contributed by atoms with Gasteiger partial charge in [0.1, 0.15) is 6.20 Å². The van der Waals surface area contributed by atoms with E-state index >= 15 is 0 Å².